The fourth-order valence-corrected chi connectivity index (χ4v) is 2.34. The summed E-state index contributed by atoms with van der Waals surface area (Å²) in [6, 6.07) is 13.0. The third-order valence-electron chi connectivity index (χ3n) is 2.78. The minimum atomic E-state index is -4.06. The summed E-state index contributed by atoms with van der Waals surface area (Å²) in [5.41, 5.74) is 7.63. The number of hydrogen-bond donors (Lipinski definition) is 3. The molecule has 0 heterocycles. The van der Waals surface area contributed by atoms with Crippen LogP contribution in [0.4, 0.5) is 5.69 Å². The van der Waals surface area contributed by atoms with E-state index in [1.54, 1.807) is 36.4 Å². The average Bonchev–Trinajstić information content (AvgIpc) is 2.56. The number of rotatable bonds is 5. The van der Waals surface area contributed by atoms with Crippen molar-refractivity contribution in [3.8, 4) is 5.75 Å². The topological polar surface area (TPSA) is 125 Å². The van der Waals surface area contributed by atoms with E-state index in [9.17, 15) is 8.42 Å². The highest BCUT2D eigenvalue weighted by atomic mass is 35.5. The summed E-state index contributed by atoms with van der Waals surface area (Å²) < 4.78 is 26.2. The standard InChI is InChI=1S/C14H15ClN4O3S.C2H6/c15-11-2-1-3-12(8-11)19(17)9-14(16)10-4-6-13(7-5-10)22-23(18,20)21;1-2/h1-9H,16-17H2,(H2,18,20,21);1-2H3/b14-9-;. The van der Waals surface area contributed by atoms with Crippen molar-refractivity contribution in [2.75, 3.05) is 5.01 Å². The first-order valence-electron chi connectivity index (χ1n) is 7.34. The zero-order valence-electron chi connectivity index (χ0n) is 13.9. The molecular weight excluding hydrogens is 364 g/mol. The molecule has 0 amide bonds. The molecule has 0 fully saturated rings. The Bertz CT molecular complexity index is 824. The second-order valence-electron chi connectivity index (χ2n) is 4.57. The number of anilines is 1. The van der Waals surface area contributed by atoms with Gasteiger partial charge in [-0.05, 0) is 48.0 Å². The molecule has 0 aliphatic rings. The first kappa shape index (κ1) is 20.8. The third kappa shape index (κ3) is 7.02. The minimum absolute atomic E-state index is 0.0866. The molecule has 0 spiro atoms. The maximum absolute atomic E-state index is 10.8. The van der Waals surface area contributed by atoms with E-state index < -0.39 is 10.3 Å². The van der Waals surface area contributed by atoms with Crippen LogP contribution < -0.4 is 25.9 Å². The normalized spacial score (nSPS) is 11.3. The van der Waals surface area contributed by atoms with Gasteiger partial charge < -0.3 is 9.92 Å². The molecule has 0 aromatic heterocycles. The van der Waals surface area contributed by atoms with Gasteiger partial charge in [0.2, 0.25) is 0 Å². The minimum Gasteiger partial charge on any atom is -0.397 e. The van der Waals surface area contributed by atoms with Crippen molar-refractivity contribution in [2.45, 2.75) is 13.8 Å². The molecule has 0 saturated heterocycles. The smallest absolute Gasteiger partial charge is 0.380 e. The molecule has 0 radical (unpaired) electrons. The van der Waals surface area contributed by atoms with Crippen molar-refractivity contribution in [3.63, 3.8) is 0 Å². The molecular formula is C16H21ClN4O3S. The summed E-state index contributed by atoms with van der Waals surface area (Å²) in [4.78, 5) is 0. The molecule has 0 atom stereocenters. The highest BCUT2D eigenvalue weighted by Gasteiger charge is 2.06. The number of nitrogens with zero attached hydrogens (tertiary/aromatic N) is 1. The lowest BCUT2D eigenvalue weighted by Gasteiger charge is -2.15. The molecule has 0 unspecified atom stereocenters. The maximum Gasteiger partial charge on any atom is 0.380 e. The zero-order chi connectivity index (χ0) is 19.0. The molecule has 0 bridgehead atoms. The molecule has 9 heteroatoms. The lowest BCUT2D eigenvalue weighted by atomic mass is 10.1. The Labute approximate surface area is 152 Å². The number of hydrogen-bond acceptors (Lipinski definition) is 6. The van der Waals surface area contributed by atoms with Gasteiger partial charge in [-0.15, -0.1) is 0 Å². The van der Waals surface area contributed by atoms with Gasteiger partial charge in [-0.1, -0.05) is 31.5 Å². The van der Waals surface area contributed by atoms with Crippen LogP contribution >= 0.6 is 11.6 Å². The predicted molar refractivity (Wildman–Crippen MR) is 102 cm³/mol. The maximum atomic E-state index is 10.8. The van der Waals surface area contributed by atoms with E-state index >= 15 is 0 Å². The summed E-state index contributed by atoms with van der Waals surface area (Å²) in [6.45, 7) is 4.00. The van der Waals surface area contributed by atoms with Crippen LogP contribution in [-0.2, 0) is 10.3 Å². The molecule has 0 saturated carbocycles. The summed E-state index contributed by atoms with van der Waals surface area (Å²) in [5.74, 6) is 6.00. The molecule has 2 aromatic rings. The van der Waals surface area contributed by atoms with Crippen molar-refractivity contribution in [1.82, 2.24) is 0 Å². The van der Waals surface area contributed by atoms with Crippen LogP contribution in [0.15, 0.2) is 54.7 Å². The quantitative estimate of drug-likeness (QED) is 0.537. The predicted octanol–water partition coefficient (Wildman–Crippen LogP) is 2.59. The Morgan fingerprint density at radius 3 is 2.28 bits per heavy atom. The molecule has 6 N–H and O–H groups in total. The molecule has 25 heavy (non-hydrogen) atoms. The van der Waals surface area contributed by atoms with Gasteiger partial charge in [0.1, 0.15) is 5.75 Å². The van der Waals surface area contributed by atoms with Crippen LogP contribution in [0.25, 0.3) is 5.70 Å². The van der Waals surface area contributed by atoms with E-state index in [1.807, 2.05) is 13.8 Å². The van der Waals surface area contributed by atoms with E-state index in [1.165, 1.54) is 23.3 Å². The Kier molecular flexibility index (Phi) is 7.72. The summed E-state index contributed by atoms with van der Waals surface area (Å²) in [6.07, 6.45) is 1.52. The van der Waals surface area contributed by atoms with Gasteiger partial charge in [0, 0.05) is 11.2 Å². The Hall–Kier alpha value is -2.26. The first-order chi connectivity index (χ1) is 11.7. The van der Waals surface area contributed by atoms with Crippen LogP contribution in [0.1, 0.15) is 19.4 Å². The van der Waals surface area contributed by atoms with Crippen LogP contribution in [0, 0.1) is 0 Å². The summed E-state index contributed by atoms with van der Waals surface area (Å²) in [7, 11) is -4.06. The lowest BCUT2D eigenvalue weighted by molar-refractivity contribution is 0.488. The van der Waals surface area contributed by atoms with Crippen molar-refractivity contribution in [2.24, 2.45) is 16.7 Å². The van der Waals surface area contributed by atoms with Crippen LogP contribution in [0.2, 0.25) is 5.02 Å². The fourth-order valence-electron chi connectivity index (χ4n) is 1.77. The van der Waals surface area contributed by atoms with Crippen molar-refractivity contribution >= 4 is 33.3 Å². The fraction of sp³-hybridized carbons (Fsp3) is 0.125. The Morgan fingerprint density at radius 1 is 1.16 bits per heavy atom. The first-order valence-corrected chi connectivity index (χ1v) is 9.19. The van der Waals surface area contributed by atoms with Crippen LogP contribution in [-0.4, -0.2) is 8.42 Å². The van der Waals surface area contributed by atoms with E-state index in [0.29, 0.717) is 22.0 Å². The Morgan fingerprint density at radius 2 is 1.76 bits per heavy atom. The number of benzene rings is 2. The average molecular weight is 385 g/mol. The van der Waals surface area contributed by atoms with Gasteiger partial charge in [0.05, 0.1) is 11.4 Å². The number of halogens is 1. The molecule has 2 aromatic carbocycles. The van der Waals surface area contributed by atoms with E-state index in [2.05, 4.69) is 4.18 Å². The van der Waals surface area contributed by atoms with Gasteiger partial charge in [-0.2, -0.15) is 13.6 Å². The van der Waals surface area contributed by atoms with Crippen LogP contribution in [0.3, 0.4) is 0 Å². The number of hydrazine groups is 1. The van der Waals surface area contributed by atoms with Crippen molar-refractivity contribution in [1.29, 1.82) is 0 Å². The second-order valence-corrected chi connectivity index (χ2v) is 6.16. The summed E-state index contributed by atoms with van der Waals surface area (Å²) in [5, 5.41) is 6.67. The molecule has 136 valence electrons. The van der Waals surface area contributed by atoms with Gasteiger partial charge >= 0.3 is 10.3 Å². The highest BCUT2D eigenvalue weighted by Crippen LogP contribution is 2.20. The molecule has 7 nitrogen and oxygen atoms in total. The van der Waals surface area contributed by atoms with Gasteiger partial charge in [0.15, 0.2) is 0 Å². The van der Waals surface area contributed by atoms with E-state index in [-0.39, 0.29) is 5.75 Å². The van der Waals surface area contributed by atoms with Gasteiger partial charge in [0.25, 0.3) is 0 Å². The van der Waals surface area contributed by atoms with Gasteiger partial charge in [-0.3, -0.25) is 5.01 Å². The molecule has 0 aliphatic carbocycles. The van der Waals surface area contributed by atoms with Crippen LogP contribution in [0.5, 0.6) is 5.75 Å². The second kappa shape index (κ2) is 9.28. The largest absolute Gasteiger partial charge is 0.397 e. The van der Waals surface area contributed by atoms with Crippen molar-refractivity contribution < 1.29 is 12.6 Å². The summed E-state index contributed by atoms with van der Waals surface area (Å²) >= 11 is 5.91. The zero-order valence-corrected chi connectivity index (χ0v) is 15.5. The highest BCUT2D eigenvalue weighted by molar-refractivity contribution is 7.84. The molecule has 0 aliphatic heterocycles. The monoisotopic (exact) mass is 384 g/mol. The number of nitrogens with two attached hydrogens (primary N) is 3. The lowest BCUT2D eigenvalue weighted by Crippen LogP contribution is -2.25. The van der Waals surface area contributed by atoms with Crippen molar-refractivity contribution in [3.05, 3.63) is 65.3 Å². The Balaban J connectivity index is 0.00000151. The third-order valence-corrected chi connectivity index (χ3v) is 3.44. The SMILES string of the molecule is CC.N/C(=C\N(N)c1cccc(Cl)c1)c1ccc(OS(N)(=O)=O)cc1. The van der Waals surface area contributed by atoms with E-state index in [0.717, 1.165) is 0 Å². The van der Waals surface area contributed by atoms with Gasteiger partial charge in [-0.25, -0.2) is 5.84 Å². The molecule has 2 rings (SSSR count). The van der Waals surface area contributed by atoms with E-state index in [4.69, 9.17) is 28.3 Å².